The Labute approximate surface area is 201 Å². The molecule has 0 spiro atoms. The van der Waals surface area contributed by atoms with Crippen molar-refractivity contribution in [2.45, 2.75) is 33.8 Å². The van der Waals surface area contributed by atoms with E-state index in [1.165, 1.54) is 14.7 Å². The first-order valence-corrected chi connectivity index (χ1v) is 13.4. The Kier molecular flexibility index (Phi) is 5.08. The van der Waals surface area contributed by atoms with Crippen molar-refractivity contribution in [3.8, 4) is 5.69 Å². The van der Waals surface area contributed by atoms with E-state index >= 15 is 0 Å². The van der Waals surface area contributed by atoms with Crippen LogP contribution in [0.15, 0.2) is 141 Å². The van der Waals surface area contributed by atoms with Gasteiger partial charge in [0.05, 0.1) is 0 Å². The second-order valence-electron chi connectivity index (χ2n) is 8.83. The zero-order chi connectivity index (χ0) is 23.1. The van der Waals surface area contributed by atoms with Crippen LogP contribution in [0.3, 0.4) is 0 Å². The van der Waals surface area contributed by atoms with Crippen molar-refractivity contribution in [2.75, 3.05) is 0 Å². The summed E-state index contributed by atoms with van der Waals surface area (Å²) >= 11 is 0. The molecular formula is C31H27NOS. The van der Waals surface area contributed by atoms with Gasteiger partial charge in [-0.15, -0.1) is 0 Å². The van der Waals surface area contributed by atoms with Gasteiger partial charge in [0.25, 0.3) is 0 Å². The monoisotopic (exact) mass is 461 g/mol. The lowest BCUT2D eigenvalue weighted by molar-refractivity contribution is 0.643. The van der Waals surface area contributed by atoms with Crippen LogP contribution < -0.4 is 0 Å². The van der Waals surface area contributed by atoms with E-state index in [1.54, 1.807) is 0 Å². The third kappa shape index (κ3) is 3.12. The second kappa shape index (κ2) is 8.27. The van der Waals surface area contributed by atoms with E-state index in [4.69, 9.17) is 4.42 Å². The summed E-state index contributed by atoms with van der Waals surface area (Å²) in [6, 6.07) is 41.5. The first-order chi connectivity index (χ1) is 16.7. The van der Waals surface area contributed by atoms with E-state index in [9.17, 15) is 0 Å². The van der Waals surface area contributed by atoms with Gasteiger partial charge in [-0.1, -0.05) is 68.4 Å². The van der Waals surface area contributed by atoms with Crippen molar-refractivity contribution in [3.63, 3.8) is 0 Å². The maximum atomic E-state index is 6.22. The lowest BCUT2D eigenvalue weighted by Gasteiger charge is -2.45. The number of nitrogens with zero attached hydrogens (tertiary/aromatic N) is 1. The van der Waals surface area contributed by atoms with Gasteiger partial charge in [0.1, 0.15) is 5.58 Å². The molecule has 3 heteroatoms. The SMILES string of the molecule is CC(C)S(c1ccccc1)(c1ccccc1)c1ccc(-n2ccc3c4ccccc4oc32)cc1. The fraction of sp³-hybridized carbons (Fsp3) is 0.0968. The lowest BCUT2D eigenvalue weighted by atomic mass is 10.2. The Morgan fingerprint density at radius 3 is 1.76 bits per heavy atom. The zero-order valence-electron chi connectivity index (χ0n) is 19.4. The molecule has 0 atom stereocenters. The summed E-state index contributed by atoms with van der Waals surface area (Å²) < 4.78 is 8.37. The summed E-state index contributed by atoms with van der Waals surface area (Å²) in [5, 5.41) is 2.75. The van der Waals surface area contributed by atoms with Gasteiger partial charge >= 0.3 is 0 Å². The molecule has 0 saturated heterocycles. The van der Waals surface area contributed by atoms with Crippen molar-refractivity contribution >= 4 is 32.1 Å². The molecule has 0 aliphatic rings. The Morgan fingerprint density at radius 2 is 1.15 bits per heavy atom. The molecule has 4 aromatic carbocycles. The maximum absolute atomic E-state index is 6.22. The van der Waals surface area contributed by atoms with E-state index in [1.807, 2.05) is 12.1 Å². The molecule has 6 aromatic rings. The third-order valence-electron chi connectivity index (χ3n) is 6.65. The molecule has 0 amide bonds. The van der Waals surface area contributed by atoms with Crippen LogP contribution in [-0.2, 0) is 0 Å². The highest BCUT2D eigenvalue weighted by Gasteiger charge is 2.34. The van der Waals surface area contributed by atoms with Crippen molar-refractivity contribution in [3.05, 3.63) is 121 Å². The molecule has 0 bridgehead atoms. The van der Waals surface area contributed by atoms with Crippen molar-refractivity contribution in [1.82, 2.24) is 4.57 Å². The fourth-order valence-corrected chi connectivity index (χ4v) is 9.32. The molecule has 0 fully saturated rings. The molecule has 168 valence electrons. The summed E-state index contributed by atoms with van der Waals surface area (Å²) in [6.45, 7) is 4.71. The van der Waals surface area contributed by atoms with Crippen molar-refractivity contribution in [1.29, 1.82) is 0 Å². The molecule has 0 aliphatic carbocycles. The predicted octanol–water partition coefficient (Wildman–Crippen LogP) is 9.07. The second-order valence-corrected chi connectivity index (χ2v) is 12.5. The maximum Gasteiger partial charge on any atom is 0.212 e. The molecule has 0 saturated carbocycles. The number of hydrogen-bond acceptors (Lipinski definition) is 1. The fourth-order valence-electron chi connectivity index (χ4n) is 5.13. The van der Waals surface area contributed by atoms with E-state index in [2.05, 4.69) is 128 Å². The van der Waals surface area contributed by atoms with Gasteiger partial charge in [0.15, 0.2) is 0 Å². The third-order valence-corrected chi connectivity index (χ3v) is 11.1. The molecule has 34 heavy (non-hydrogen) atoms. The predicted molar refractivity (Wildman–Crippen MR) is 143 cm³/mol. The van der Waals surface area contributed by atoms with Crippen LogP contribution in [0.4, 0.5) is 0 Å². The molecule has 2 nitrogen and oxygen atoms in total. The highest BCUT2D eigenvalue weighted by atomic mass is 32.3. The number of hydrogen-bond donors (Lipinski definition) is 0. The van der Waals surface area contributed by atoms with E-state index in [0.717, 1.165) is 27.8 Å². The molecular weight excluding hydrogens is 434 g/mol. The van der Waals surface area contributed by atoms with Gasteiger partial charge in [-0.2, -0.15) is 10.0 Å². The van der Waals surface area contributed by atoms with E-state index in [-0.39, 0.29) is 0 Å². The van der Waals surface area contributed by atoms with Gasteiger partial charge in [0, 0.05) is 22.7 Å². The quantitative estimate of drug-likeness (QED) is 0.250. The van der Waals surface area contributed by atoms with Gasteiger partial charge in [-0.3, -0.25) is 4.57 Å². The highest BCUT2D eigenvalue weighted by molar-refractivity contribution is 8.34. The van der Waals surface area contributed by atoms with E-state index < -0.39 is 10.0 Å². The van der Waals surface area contributed by atoms with Crippen molar-refractivity contribution in [2.24, 2.45) is 0 Å². The topological polar surface area (TPSA) is 18.1 Å². The standard InChI is InChI=1S/C31H27NOS/c1-23(2)34(25-11-5-3-6-12-25,26-13-7-4-8-14-26)27-19-17-24(18-20-27)32-22-21-29-28-15-9-10-16-30(28)33-31(29)32/h3-23H,1-2H3. The minimum absolute atomic E-state index is 0.441. The summed E-state index contributed by atoms with van der Waals surface area (Å²) in [4.78, 5) is 4.16. The van der Waals surface area contributed by atoms with Crippen LogP contribution in [0.25, 0.3) is 27.8 Å². The number of benzene rings is 4. The molecule has 2 heterocycles. The molecule has 6 rings (SSSR count). The minimum Gasteiger partial charge on any atom is -0.439 e. The first-order valence-electron chi connectivity index (χ1n) is 11.7. The molecule has 0 aliphatic heterocycles. The van der Waals surface area contributed by atoms with Crippen LogP contribution in [-0.4, -0.2) is 9.82 Å². The summed E-state index contributed by atoms with van der Waals surface area (Å²) in [5.74, 6) is 0. The number of furan rings is 1. The highest BCUT2D eigenvalue weighted by Crippen LogP contribution is 2.71. The van der Waals surface area contributed by atoms with Crippen LogP contribution in [0.1, 0.15) is 13.8 Å². The number of fused-ring (bicyclic) bond motifs is 3. The normalized spacial score (nSPS) is 12.6. The number of aromatic nitrogens is 1. The molecule has 2 aromatic heterocycles. The first kappa shape index (κ1) is 20.9. The number of rotatable bonds is 5. The van der Waals surface area contributed by atoms with Crippen LogP contribution in [0.2, 0.25) is 0 Å². The Balaban J connectivity index is 1.52. The van der Waals surface area contributed by atoms with Gasteiger partial charge in [0.2, 0.25) is 5.71 Å². The van der Waals surface area contributed by atoms with Crippen LogP contribution in [0, 0.1) is 0 Å². The minimum atomic E-state index is -1.43. The Bertz CT molecular complexity index is 1520. The number of para-hydroxylation sites is 1. The summed E-state index contributed by atoms with van der Waals surface area (Å²) in [5.41, 5.74) is 2.92. The van der Waals surface area contributed by atoms with Crippen LogP contribution in [0.5, 0.6) is 0 Å². The smallest absolute Gasteiger partial charge is 0.212 e. The Morgan fingerprint density at radius 1 is 0.588 bits per heavy atom. The zero-order valence-corrected chi connectivity index (χ0v) is 20.2. The largest absolute Gasteiger partial charge is 0.439 e. The lowest BCUT2D eigenvalue weighted by Crippen LogP contribution is -2.14. The summed E-state index contributed by atoms with van der Waals surface area (Å²) in [7, 11) is -1.43. The van der Waals surface area contributed by atoms with Gasteiger partial charge in [-0.25, -0.2) is 0 Å². The molecule has 0 radical (unpaired) electrons. The van der Waals surface area contributed by atoms with E-state index in [0.29, 0.717) is 5.25 Å². The van der Waals surface area contributed by atoms with Gasteiger partial charge in [-0.05, 0) is 80.6 Å². The van der Waals surface area contributed by atoms with Gasteiger partial charge < -0.3 is 4.42 Å². The average Bonchev–Trinajstić information content (AvgIpc) is 3.46. The summed E-state index contributed by atoms with van der Waals surface area (Å²) in [6.07, 6.45) is 2.10. The molecule has 0 unspecified atom stereocenters. The van der Waals surface area contributed by atoms with Crippen molar-refractivity contribution < 1.29 is 4.42 Å². The molecule has 0 N–H and O–H groups in total. The average molecular weight is 462 g/mol. The Hall–Kier alpha value is -3.69. The van der Waals surface area contributed by atoms with Crippen LogP contribution >= 0.6 is 10.0 Å².